The van der Waals surface area contributed by atoms with E-state index >= 15 is 0 Å². The number of carbonyl (C=O) groups excluding carboxylic acids is 1. The Bertz CT molecular complexity index is 1450. The van der Waals surface area contributed by atoms with Crippen LogP contribution in [0.25, 0.3) is 22.3 Å². The molecule has 0 radical (unpaired) electrons. The fourth-order valence-corrected chi connectivity index (χ4v) is 5.53. The van der Waals surface area contributed by atoms with Crippen molar-refractivity contribution in [2.45, 2.75) is 30.6 Å². The molecule has 2 aliphatic heterocycles. The van der Waals surface area contributed by atoms with E-state index in [0.29, 0.717) is 23.1 Å². The molecule has 2 aliphatic rings. The van der Waals surface area contributed by atoms with E-state index in [4.69, 9.17) is 4.74 Å². The van der Waals surface area contributed by atoms with Crippen LogP contribution >= 0.6 is 11.8 Å². The topological polar surface area (TPSA) is 110 Å². The van der Waals surface area contributed by atoms with Crippen LogP contribution in [0.4, 0.5) is 17.1 Å². The Kier molecular flexibility index (Phi) is 5.73. The number of anilines is 1. The van der Waals surface area contributed by atoms with Crippen molar-refractivity contribution in [1.82, 2.24) is 19.7 Å². The number of carbonyl (C=O) groups is 1. The van der Waals surface area contributed by atoms with Crippen molar-refractivity contribution in [2.75, 3.05) is 17.7 Å². The van der Waals surface area contributed by atoms with E-state index in [0.717, 1.165) is 58.8 Å². The second-order valence-electron chi connectivity index (χ2n) is 8.07. The molecule has 4 aromatic rings. The van der Waals surface area contributed by atoms with Gasteiger partial charge in [-0.15, -0.1) is 10.2 Å². The Morgan fingerprint density at radius 3 is 3.06 bits per heavy atom. The fourth-order valence-electron chi connectivity index (χ4n) is 4.23. The van der Waals surface area contributed by atoms with Gasteiger partial charge >= 0.3 is 0 Å². The van der Waals surface area contributed by atoms with E-state index in [1.165, 1.54) is 11.8 Å². The molecule has 4 heterocycles. The first kappa shape index (κ1) is 21.3. The molecule has 172 valence electrons. The van der Waals surface area contributed by atoms with Crippen molar-refractivity contribution in [3.8, 4) is 11.4 Å². The maximum absolute atomic E-state index is 12.8. The minimum Gasteiger partial charge on any atom is -0.376 e. The Hall–Kier alpha value is -3.28. The summed E-state index contributed by atoms with van der Waals surface area (Å²) in [6.45, 7) is 1.42. The maximum Gasteiger partial charge on any atom is 0.234 e. The molecule has 1 atom stereocenters. The molecule has 0 bridgehead atoms. The third kappa shape index (κ3) is 4.06. The Morgan fingerprint density at radius 2 is 2.15 bits per heavy atom. The lowest BCUT2D eigenvalue weighted by atomic mass is 10.1. The van der Waals surface area contributed by atoms with E-state index in [1.54, 1.807) is 0 Å². The summed E-state index contributed by atoms with van der Waals surface area (Å²) in [5.74, 6) is 0.839. The van der Waals surface area contributed by atoms with Gasteiger partial charge in [0.2, 0.25) is 5.91 Å². The van der Waals surface area contributed by atoms with Crippen LogP contribution in [-0.4, -0.2) is 44.1 Å². The second-order valence-corrected chi connectivity index (χ2v) is 9.55. The summed E-state index contributed by atoms with van der Waals surface area (Å²) in [6.07, 6.45) is 4.13. The zero-order valence-electron chi connectivity index (χ0n) is 18.1. The third-order valence-electron chi connectivity index (χ3n) is 5.85. The van der Waals surface area contributed by atoms with E-state index in [-0.39, 0.29) is 17.8 Å². The maximum atomic E-state index is 12.8. The van der Waals surface area contributed by atoms with Gasteiger partial charge in [-0.25, -0.2) is 0 Å². The molecule has 2 N–H and O–H groups in total. The zero-order chi connectivity index (χ0) is 22.9. The van der Waals surface area contributed by atoms with Crippen LogP contribution in [0, 0.1) is 0 Å². The summed E-state index contributed by atoms with van der Waals surface area (Å²) in [5, 5.41) is 13.7. The number of aromatic nitrogens is 4. The van der Waals surface area contributed by atoms with Gasteiger partial charge in [0.15, 0.2) is 11.0 Å². The fraction of sp³-hybridized carbons (Fsp3) is 0.261. The van der Waals surface area contributed by atoms with Crippen LogP contribution in [0.5, 0.6) is 0 Å². The first-order valence-electron chi connectivity index (χ1n) is 11.0. The normalized spacial score (nSPS) is 16.6. The summed E-state index contributed by atoms with van der Waals surface area (Å²) < 4.78 is 16.5. The number of nitrogens with one attached hydrogen (secondary N) is 2. The number of hydrogen-bond acceptors (Lipinski definition) is 7. The van der Waals surface area contributed by atoms with Crippen LogP contribution in [0.3, 0.4) is 0 Å². The molecule has 2 aromatic heterocycles. The minimum atomic E-state index is -0.134. The predicted octanol–water partition coefficient (Wildman–Crippen LogP) is 5.06. The number of fused-ring (bicyclic) bond motifs is 2. The van der Waals surface area contributed by atoms with Gasteiger partial charge in [-0.1, -0.05) is 36.0 Å². The van der Waals surface area contributed by atoms with E-state index < -0.39 is 0 Å². The van der Waals surface area contributed by atoms with Gasteiger partial charge in [0, 0.05) is 29.3 Å². The molecule has 0 spiro atoms. The highest BCUT2D eigenvalue weighted by Gasteiger charge is 2.24. The molecule has 9 nitrogen and oxygen atoms in total. The number of nitrogens with zero attached hydrogens (tertiary/aromatic N) is 5. The largest absolute Gasteiger partial charge is 0.376 e. The van der Waals surface area contributed by atoms with Gasteiger partial charge in [0.05, 0.1) is 35.4 Å². The Labute approximate surface area is 203 Å². The summed E-state index contributed by atoms with van der Waals surface area (Å²) in [7, 11) is 0. The lowest BCUT2D eigenvalue weighted by Crippen LogP contribution is -2.18. The molecule has 1 amide bonds. The van der Waals surface area contributed by atoms with Gasteiger partial charge in [0.25, 0.3) is 0 Å². The average Bonchev–Trinajstić information content (AvgIpc) is 3.65. The first-order valence-corrected chi connectivity index (χ1v) is 12.7. The zero-order valence-corrected chi connectivity index (χ0v) is 19.7. The molecule has 1 unspecified atom stereocenters. The number of ether oxygens (including phenoxy) is 1. The highest BCUT2D eigenvalue weighted by Crippen LogP contribution is 2.38. The van der Waals surface area contributed by atoms with Crippen LogP contribution in [-0.2, 0) is 27.4 Å². The molecular weight excluding hydrogens is 470 g/mol. The molecule has 2 aromatic carbocycles. The summed E-state index contributed by atoms with van der Waals surface area (Å²) in [5.41, 5.74) is 4.17. The monoisotopic (exact) mass is 491 g/mol. The van der Waals surface area contributed by atoms with Crippen LogP contribution in [0.2, 0.25) is 0 Å². The number of benzene rings is 2. The summed E-state index contributed by atoms with van der Waals surface area (Å²) in [6, 6.07) is 13.7. The van der Waals surface area contributed by atoms with Crippen molar-refractivity contribution >= 4 is 57.0 Å². The van der Waals surface area contributed by atoms with Crippen molar-refractivity contribution < 1.29 is 9.53 Å². The SMILES string of the molecule is O=C(CSc1nnc(-c2c[nH]c3ccccc23)n1CC1CCCO1)Nc1cccc2c1N=S=N2. The van der Waals surface area contributed by atoms with Crippen molar-refractivity contribution in [3.05, 3.63) is 48.7 Å². The van der Waals surface area contributed by atoms with Crippen molar-refractivity contribution in [1.29, 1.82) is 0 Å². The van der Waals surface area contributed by atoms with Gasteiger partial charge in [-0.3, -0.25) is 9.36 Å². The number of aromatic amines is 1. The standard InChI is InChI=1S/C23H21N7O2S2/c31-20(25-18-8-3-9-19-21(18)29-34-28-19)13-33-23-27-26-22(30(23)12-14-5-4-10-32-14)16-11-24-17-7-2-1-6-15(16)17/h1-3,6-9,11,14,24H,4-5,10,12-13H2,(H,25,31). The number of amides is 1. The second kappa shape index (κ2) is 9.16. The smallest absolute Gasteiger partial charge is 0.234 e. The molecule has 6 rings (SSSR count). The summed E-state index contributed by atoms with van der Waals surface area (Å²) in [4.78, 5) is 16.1. The molecule has 34 heavy (non-hydrogen) atoms. The third-order valence-corrected chi connectivity index (χ3v) is 7.36. The highest BCUT2D eigenvalue weighted by molar-refractivity contribution is 7.99. The number of rotatable bonds is 7. The molecular formula is C23H21N7O2S2. The van der Waals surface area contributed by atoms with E-state index in [2.05, 4.69) is 39.9 Å². The quantitative estimate of drug-likeness (QED) is 0.309. The van der Waals surface area contributed by atoms with Gasteiger partial charge < -0.3 is 15.0 Å². The lowest BCUT2D eigenvalue weighted by molar-refractivity contribution is -0.113. The van der Waals surface area contributed by atoms with Crippen molar-refractivity contribution in [3.63, 3.8) is 0 Å². The molecule has 11 heteroatoms. The number of thioether (sulfide) groups is 1. The molecule has 0 aliphatic carbocycles. The highest BCUT2D eigenvalue weighted by atomic mass is 32.2. The van der Waals surface area contributed by atoms with Gasteiger partial charge in [0.1, 0.15) is 11.4 Å². The Balaban J connectivity index is 1.24. The van der Waals surface area contributed by atoms with E-state index in [1.807, 2.05) is 42.6 Å². The van der Waals surface area contributed by atoms with Crippen LogP contribution < -0.4 is 5.32 Å². The number of H-pyrrole nitrogens is 1. The van der Waals surface area contributed by atoms with Crippen LogP contribution in [0.1, 0.15) is 12.8 Å². The first-order chi connectivity index (χ1) is 16.8. The number of para-hydroxylation sites is 1. The Morgan fingerprint density at radius 1 is 1.21 bits per heavy atom. The van der Waals surface area contributed by atoms with E-state index in [9.17, 15) is 4.79 Å². The molecule has 1 fully saturated rings. The average molecular weight is 492 g/mol. The summed E-state index contributed by atoms with van der Waals surface area (Å²) >= 11 is 2.50. The lowest BCUT2D eigenvalue weighted by Gasteiger charge is -2.14. The molecule has 1 saturated heterocycles. The van der Waals surface area contributed by atoms with Crippen molar-refractivity contribution in [2.24, 2.45) is 8.73 Å². The number of hydrogen-bond donors (Lipinski definition) is 2. The molecule has 0 saturated carbocycles. The minimum absolute atomic E-state index is 0.114. The predicted molar refractivity (Wildman–Crippen MR) is 134 cm³/mol. The van der Waals surface area contributed by atoms with Gasteiger partial charge in [-0.05, 0) is 31.0 Å². The van der Waals surface area contributed by atoms with Crippen LogP contribution in [0.15, 0.2) is 62.5 Å². The van der Waals surface area contributed by atoms with Gasteiger partial charge in [-0.2, -0.15) is 8.73 Å².